The van der Waals surface area contributed by atoms with E-state index in [1.807, 2.05) is 18.2 Å². The molecule has 0 spiro atoms. The van der Waals surface area contributed by atoms with E-state index in [1.165, 1.54) is 5.56 Å². The average molecular weight is 264 g/mol. The first-order valence-corrected chi connectivity index (χ1v) is 6.70. The maximum absolute atomic E-state index is 11.9. The fourth-order valence-electron chi connectivity index (χ4n) is 1.79. The number of carbonyl (C=O) groups excluding carboxylic acids is 1. The molecular weight excluding hydrogens is 240 g/mol. The average Bonchev–Trinajstić information content (AvgIpc) is 2.39. The lowest BCUT2D eigenvalue weighted by Gasteiger charge is -2.13. The van der Waals surface area contributed by atoms with Crippen molar-refractivity contribution in [3.63, 3.8) is 0 Å². The highest BCUT2D eigenvalue weighted by Gasteiger charge is 2.13. The molecule has 3 N–H and O–H groups in total. The fraction of sp³-hybridized carbons (Fsp3) is 0.533. The summed E-state index contributed by atoms with van der Waals surface area (Å²) in [4.78, 5) is 11.9. The topological polar surface area (TPSA) is 64.3 Å². The van der Waals surface area contributed by atoms with Gasteiger partial charge in [0.25, 0.3) is 0 Å². The molecule has 4 heteroatoms. The number of anilines is 1. The lowest BCUT2D eigenvalue weighted by atomic mass is 10.0. The molecule has 0 saturated heterocycles. The van der Waals surface area contributed by atoms with Crippen molar-refractivity contribution in [1.29, 1.82) is 0 Å². The zero-order valence-corrected chi connectivity index (χ0v) is 12.0. The van der Waals surface area contributed by atoms with Crippen LogP contribution in [-0.4, -0.2) is 25.7 Å². The number of nitrogens with two attached hydrogens (primary N) is 1. The summed E-state index contributed by atoms with van der Waals surface area (Å²) in [5.41, 5.74) is 7.84. The van der Waals surface area contributed by atoms with Crippen LogP contribution in [0, 0.1) is 0 Å². The first kappa shape index (κ1) is 15.7. The Labute approximate surface area is 115 Å². The summed E-state index contributed by atoms with van der Waals surface area (Å²) in [7, 11) is 1.64. The highest BCUT2D eigenvalue weighted by molar-refractivity contribution is 5.94. The van der Waals surface area contributed by atoms with Crippen molar-refractivity contribution in [2.24, 2.45) is 5.73 Å². The van der Waals surface area contributed by atoms with Gasteiger partial charge in [-0.15, -0.1) is 0 Å². The van der Waals surface area contributed by atoms with Gasteiger partial charge in [0.1, 0.15) is 0 Å². The predicted molar refractivity (Wildman–Crippen MR) is 78.2 cm³/mol. The number of amides is 1. The minimum Gasteiger partial charge on any atom is -0.385 e. The molecule has 1 rings (SSSR count). The summed E-state index contributed by atoms with van der Waals surface area (Å²) in [6, 6.07) is 7.38. The van der Waals surface area contributed by atoms with Gasteiger partial charge < -0.3 is 15.8 Å². The summed E-state index contributed by atoms with van der Waals surface area (Å²) in [5.74, 6) is 0.296. The lowest BCUT2D eigenvalue weighted by Crippen LogP contribution is -2.35. The molecule has 19 heavy (non-hydrogen) atoms. The van der Waals surface area contributed by atoms with Gasteiger partial charge in [0, 0.05) is 19.4 Å². The van der Waals surface area contributed by atoms with E-state index < -0.39 is 6.04 Å². The maximum atomic E-state index is 11.9. The van der Waals surface area contributed by atoms with Crippen LogP contribution in [0.3, 0.4) is 0 Å². The third kappa shape index (κ3) is 5.41. The molecule has 0 fully saturated rings. The van der Waals surface area contributed by atoms with Crippen LogP contribution in [0.2, 0.25) is 0 Å². The molecule has 1 unspecified atom stereocenters. The monoisotopic (exact) mass is 264 g/mol. The van der Waals surface area contributed by atoms with Gasteiger partial charge in [-0.2, -0.15) is 0 Å². The van der Waals surface area contributed by atoms with Crippen LogP contribution in [0.1, 0.15) is 38.2 Å². The standard InChI is InChI=1S/C15H24N2O2/c1-11(2)12-6-4-7-13(10-12)17-15(18)14(16)8-5-9-19-3/h4,6-7,10-11,14H,5,8-9,16H2,1-3H3,(H,17,18). The van der Waals surface area contributed by atoms with Crippen molar-refractivity contribution < 1.29 is 9.53 Å². The predicted octanol–water partition coefficient (Wildman–Crippen LogP) is 2.50. The highest BCUT2D eigenvalue weighted by Crippen LogP contribution is 2.18. The number of nitrogens with one attached hydrogen (secondary N) is 1. The molecule has 0 aliphatic rings. The van der Waals surface area contributed by atoms with Gasteiger partial charge in [-0.3, -0.25) is 4.79 Å². The van der Waals surface area contributed by atoms with Crippen LogP contribution >= 0.6 is 0 Å². The molecule has 0 aliphatic carbocycles. The highest BCUT2D eigenvalue weighted by atomic mass is 16.5. The normalized spacial score (nSPS) is 12.5. The second-order valence-corrected chi connectivity index (χ2v) is 5.01. The van der Waals surface area contributed by atoms with Crippen molar-refractivity contribution in [3.05, 3.63) is 29.8 Å². The van der Waals surface area contributed by atoms with E-state index in [-0.39, 0.29) is 5.91 Å². The molecule has 106 valence electrons. The number of methoxy groups -OCH3 is 1. The first-order valence-electron chi connectivity index (χ1n) is 6.70. The van der Waals surface area contributed by atoms with E-state index in [0.29, 0.717) is 18.9 Å². The molecule has 4 nitrogen and oxygen atoms in total. The van der Waals surface area contributed by atoms with E-state index in [1.54, 1.807) is 7.11 Å². The Morgan fingerprint density at radius 1 is 1.42 bits per heavy atom. The molecule has 1 amide bonds. The number of hydrogen-bond donors (Lipinski definition) is 2. The summed E-state index contributed by atoms with van der Waals surface area (Å²) < 4.78 is 4.95. The van der Waals surface area contributed by atoms with E-state index >= 15 is 0 Å². The van der Waals surface area contributed by atoms with Crippen LogP contribution < -0.4 is 11.1 Å². The Hall–Kier alpha value is -1.39. The Kier molecular flexibility index (Phi) is 6.53. The van der Waals surface area contributed by atoms with E-state index in [4.69, 9.17) is 10.5 Å². The van der Waals surface area contributed by atoms with Crippen molar-refractivity contribution in [2.45, 2.75) is 38.6 Å². The Bertz CT molecular complexity index is 405. The van der Waals surface area contributed by atoms with E-state index in [2.05, 4.69) is 25.2 Å². The van der Waals surface area contributed by atoms with Gasteiger partial charge >= 0.3 is 0 Å². The molecule has 0 saturated carbocycles. The summed E-state index contributed by atoms with van der Waals surface area (Å²) >= 11 is 0. The molecule has 0 heterocycles. The van der Waals surface area contributed by atoms with Gasteiger partial charge in [0.05, 0.1) is 6.04 Å². The molecule has 1 aromatic carbocycles. The van der Waals surface area contributed by atoms with Crippen molar-refractivity contribution in [1.82, 2.24) is 0 Å². The van der Waals surface area contributed by atoms with Crippen molar-refractivity contribution >= 4 is 11.6 Å². The largest absolute Gasteiger partial charge is 0.385 e. The smallest absolute Gasteiger partial charge is 0.241 e. The minimum absolute atomic E-state index is 0.142. The summed E-state index contributed by atoms with van der Waals surface area (Å²) in [6.07, 6.45) is 1.42. The van der Waals surface area contributed by atoms with Gasteiger partial charge in [0.2, 0.25) is 5.91 Å². The van der Waals surface area contributed by atoms with Crippen LogP contribution in [0.5, 0.6) is 0 Å². The second kappa shape index (κ2) is 7.92. The van der Waals surface area contributed by atoms with Crippen LogP contribution in [0.4, 0.5) is 5.69 Å². The zero-order valence-electron chi connectivity index (χ0n) is 12.0. The van der Waals surface area contributed by atoms with E-state index in [0.717, 1.165) is 12.1 Å². The van der Waals surface area contributed by atoms with Crippen molar-refractivity contribution in [2.75, 3.05) is 19.0 Å². The molecule has 1 aromatic rings. The Morgan fingerprint density at radius 2 is 2.16 bits per heavy atom. The number of rotatable bonds is 7. The van der Waals surface area contributed by atoms with Gasteiger partial charge in [-0.25, -0.2) is 0 Å². The first-order chi connectivity index (χ1) is 9.04. The molecule has 0 radical (unpaired) electrons. The van der Waals surface area contributed by atoms with Gasteiger partial charge in [-0.05, 0) is 36.5 Å². The van der Waals surface area contributed by atoms with Crippen LogP contribution in [0.15, 0.2) is 24.3 Å². The molecule has 1 atom stereocenters. The quantitative estimate of drug-likeness (QED) is 0.744. The zero-order chi connectivity index (χ0) is 14.3. The van der Waals surface area contributed by atoms with Crippen LogP contribution in [-0.2, 0) is 9.53 Å². The Morgan fingerprint density at radius 3 is 2.79 bits per heavy atom. The third-order valence-corrected chi connectivity index (χ3v) is 3.02. The van der Waals surface area contributed by atoms with Gasteiger partial charge in [-0.1, -0.05) is 26.0 Å². The number of carbonyl (C=O) groups is 1. The molecule has 0 bridgehead atoms. The number of hydrogen-bond acceptors (Lipinski definition) is 3. The van der Waals surface area contributed by atoms with Crippen molar-refractivity contribution in [3.8, 4) is 0 Å². The van der Waals surface area contributed by atoms with Crippen LogP contribution in [0.25, 0.3) is 0 Å². The second-order valence-electron chi connectivity index (χ2n) is 5.01. The van der Waals surface area contributed by atoms with E-state index in [9.17, 15) is 4.79 Å². The molecule has 0 aromatic heterocycles. The lowest BCUT2D eigenvalue weighted by molar-refractivity contribution is -0.117. The number of ether oxygens (including phenoxy) is 1. The maximum Gasteiger partial charge on any atom is 0.241 e. The third-order valence-electron chi connectivity index (χ3n) is 3.02. The summed E-state index contributed by atoms with van der Waals surface area (Å²) in [5, 5.41) is 2.86. The molecular formula is C15H24N2O2. The fourth-order valence-corrected chi connectivity index (χ4v) is 1.79. The summed E-state index contributed by atoms with van der Waals surface area (Å²) in [6.45, 7) is 4.87. The minimum atomic E-state index is -0.488. The SMILES string of the molecule is COCCCC(N)C(=O)Nc1cccc(C(C)C)c1. The van der Waals surface area contributed by atoms with Gasteiger partial charge in [0.15, 0.2) is 0 Å². The number of benzene rings is 1. The molecule has 0 aliphatic heterocycles. The Balaban J connectivity index is 2.54.